The van der Waals surface area contributed by atoms with Gasteiger partial charge in [0.15, 0.2) is 0 Å². The van der Waals surface area contributed by atoms with Gasteiger partial charge in [-0.05, 0) is 13.8 Å². The summed E-state index contributed by atoms with van der Waals surface area (Å²) in [5.74, 6) is -0.613. The van der Waals surface area contributed by atoms with Crippen molar-refractivity contribution in [3.8, 4) is 22.5 Å². The van der Waals surface area contributed by atoms with Crippen LogP contribution in [0.2, 0.25) is 0 Å². The lowest BCUT2D eigenvalue weighted by molar-refractivity contribution is 0.0931. The van der Waals surface area contributed by atoms with Crippen LogP contribution in [-0.2, 0) is 0 Å². The molecule has 26 heavy (non-hydrogen) atoms. The normalized spacial score (nSPS) is 10.5. The molecule has 0 aliphatic carbocycles. The molecular formula is C18H16N6O2. The number of carbonyl (C=O) groups excluding carboxylic acids is 2. The van der Waals surface area contributed by atoms with E-state index in [1.54, 1.807) is 26.2 Å². The molecule has 0 spiro atoms. The van der Waals surface area contributed by atoms with Gasteiger partial charge in [0.1, 0.15) is 11.4 Å². The highest BCUT2D eigenvalue weighted by Crippen LogP contribution is 2.22. The van der Waals surface area contributed by atoms with E-state index in [2.05, 4.69) is 33.8 Å². The highest BCUT2D eigenvalue weighted by Gasteiger charge is 2.12. The first kappa shape index (κ1) is 17.2. The van der Waals surface area contributed by atoms with Crippen molar-refractivity contribution < 1.29 is 9.59 Å². The van der Waals surface area contributed by atoms with Crippen LogP contribution in [0.5, 0.6) is 0 Å². The van der Waals surface area contributed by atoms with E-state index in [4.69, 9.17) is 0 Å². The summed E-state index contributed by atoms with van der Waals surface area (Å²) in [4.78, 5) is 23.7. The Morgan fingerprint density at radius 3 is 1.42 bits per heavy atom. The quantitative estimate of drug-likeness (QED) is 0.673. The van der Waals surface area contributed by atoms with Crippen LogP contribution in [0.25, 0.3) is 22.5 Å². The Balaban J connectivity index is 1.83. The van der Waals surface area contributed by atoms with Gasteiger partial charge in [-0.2, -0.15) is 9.36 Å². The second kappa shape index (κ2) is 6.67. The molecule has 3 aromatic rings. The van der Waals surface area contributed by atoms with Crippen LogP contribution >= 0.6 is 0 Å². The molecule has 0 unspecified atom stereocenters. The standard InChI is InChI=1S/C18H16N6O2/c1-11(2)17(25)23-9-15(19-21-23)13-5-7-14(8-6-13)16-10-24(22-20-16)18(26)12(3)4/h5-10H,1,3H2,2,4H3. The van der Waals surface area contributed by atoms with Gasteiger partial charge in [-0.25, -0.2) is 0 Å². The number of nitrogens with zero attached hydrogens (tertiary/aromatic N) is 6. The molecule has 2 aromatic heterocycles. The first-order chi connectivity index (χ1) is 12.4. The van der Waals surface area contributed by atoms with E-state index in [0.29, 0.717) is 22.5 Å². The maximum absolute atomic E-state index is 11.8. The van der Waals surface area contributed by atoms with E-state index in [9.17, 15) is 9.59 Å². The molecule has 0 amide bonds. The maximum atomic E-state index is 11.8. The van der Waals surface area contributed by atoms with Crippen molar-refractivity contribution >= 4 is 11.8 Å². The van der Waals surface area contributed by atoms with Gasteiger partial charge >= 0.3 is 0 Å². The molecule has 0 atom stereocenters. The summed E-state index contributed by atoms with van der Waals surface area (Å²) in [5.41, 5.74) is 3.47. The molecule has 0 fully saturated rings. The highest BCUT2D eigenvalue weighted by atomic mass is 16.2. The molecule has 0 aliphatic rings. The van der Waals surface area contributed by atoms with Gasteiger partial charge in [-0.3, -0.25) is 9.59 Å². The first-order valence-electron chi connectivity index (χ1n) is 7.72. The summed E-state index contributed by atoms with van der Waals surface area (Å²) >= 11 is 0. The number of rotatable bonds is 4. The topological polar surface area (TPSA) is 95.6 Å². The molecule has 2 heterocycles. The molecule has 0 saturated heterocycles. The molecule has 130 valence electrons. The van der Waals surface area contributed by atoms with Crippen LogP contribution in [0.1, 0.15) is 23.4 Å². The third-order valence-electron chi connectivity index (χ3n) is 3.61. The summed E-state index contributed by atoms with van der Waals surface area (Å²) in [7, 11) is 0. The number of allylic oxidation sites excluding steroid dienone is 2. The zero-order valence-electron chi connectivity index (χ0n) is 14.4. The van der Waals surface area contributed by atoms with Crippen LogP contribution in [0.3, 0.4) is 0 Å². The fraction of sp³-hybridized carbons (Fsp3) is 0.111. The van der Waals surface area contributed by atoms with Gasteiger partial charge in [-0.15, -0.1) is 10.2 Å². The molecule has 0 bridgehead atoms. The van der Waals surface area contributed by atoms with E-state index in [1.165, 1.54) is 0 Å². The number of hydrogen-bond donors (Lipinski definition) is 0. The minimum Gasteiger partial charge on any atom is -0.267 e. The predicted molar refractivity (Wildman–Crippen MR) is 95.4 cm³/mol. The largest absolute Gasteiger partial charge is 0.274 e. The minimum absolute atomic E-state index is 0.306. The Morgan fingerprint density at radius 2 is 1.12 bits per heavy atom. The van der Waals surface area contributed by atoms with Crippen molar-refractivity contribution in [3.05, 3.63) is 61.0 Å². The number of hydrogen-bond acceptors (Lipinski definition) is 6. The van der Waals surface area contributed by atoms with Crippen molar-refractivity contribution in [2.45, 2.75) is 13.8 Å². The van der Waals surface area contributed by atoms with Crippen molar-refractivity contribution in [2.24, 2.45) is 0 Å². The van der Waals surface area contributed by atoms with Gasteiger partial charge < -0.3 is 0 Å². The van der Waals surface area contributed by atoms with Crippen LogP contribution in [0, 0.1) is 0 Å². The molecule has 3 rings (SSSR count). The lowest BCUT2D eigenvalue weighted by Crippen LogP contribution is -2.11. The van der Waals surface area contributed by atoms with E-state index < -0.39 is 0 Å². The molecule has 1 aromatic carbocycles. The van der Waals surface area contributed by atoms with E-state index in [1.807, 2.05) is 24.3 Å². The Bertz CT molecular complexity index is 943. The first-order valence-corrected chi connectivity index (χ1v) is 7.72. The summed E-state index contributed by atoms with van der Waals surface area (Å²) in [5, 5.41) is 15.6. The Hall–Kier alpha value is -3.68. The van der Waals surface area contributed by atoms with Crippen molar-refractivity contribution in [2.75, 3.05) is 0 Å². The molecule has 8 heteroatoms. The van der Waals surface area contributed by atoms with E-state index >= 15 is 0 Å². The number of carbonyl (C=O) groups is 2. The van der Waals surface area contributed by atoms with Crippen LogP contribution in [0.15, 0.2) is 61.0 Å². The Labute approximate surface area is 149 Å². The third kappa shape index (κ3) is 3.25. The highest BCUT2D eigenvalue weighted by molar-refractivity contribution is 5.94. The molecular weight excluding hydrogens is 332 g/mol. The van der Waals surface area contributed by atoms with E-state index in [-0.39, 0.29) is 11.8 Å². The maximum Gasteiger partial charge on any atom is 0.274 e. The van der Waals surface area contributed by atoms with Crippen LogP contribution < -0.4 is 0 Å². The zero-order chi connectivity index (χ0) is 18.8. The molecule has 0 N–H and O–H groups in total. The SMILES string of the molecule is C=C(C)C(=O)n1cc(-c2ccc(-c3cn(C(=O)C(=C)C)nn3)cc2)nn1. The summed E-state index contributed by atoms with van der Waals surface area (Å²) < 4.78 is 2.31. The van der Waals surface area contributed by atoms with Crippen molar-refractivity contribution in [1.82, 2.24) is 30.0 Å². The lowest BCUT2D eigenvalue weighted by atomic mass is 10.1. The van der Waals surface area contributed by atoms with Gasteiger partial charge in [0.2, 0.25) is 0 Å². The number of benzene rings is 1. The third-order valence-corrected chi connectivity index (χ3v) is 3.61. The van der Waals surface area contributed by atoms with Gasteiger partial charge in [0, 0.05) is 22.3 Å². The monoisotopic (exact) mass is 348 g/mol. The number of aromatic nitrogens is 6. The minimum atomic E-state index is -0.306. The molecule has 0 radical (unpaired) electrons. The average Bonchev–Trinajstić information content (AvgIpc) is 3.30. The second-order valence-electron chi connectivity index (χ2n) is 5.85. The van der Waals surface area contributed by atoms with Crippen LogP contribution in [0.4, 0.5) is 0 Å². The molecule has 0 aliphatic heterocycles. The van der Waals surface area contributed by atoms with Crippen molar-refractivity contribution in [1.29, 1.82) is 0 Å². The molecule has 0 saturated carbocycles. The fourth-order valence-corrected chi connectivity index (χ4v) is 2.19. The van der Waals surface area contributed by atoms with Gasteiger partial charge in [0.25, 0.3) is 11.8 Å². The van der Waals surface area contributed by atoms with Gasteiger partial charge in [-0.1, -0.05) is 47.9 Å². The lowest BCUT2D eigenvalue weighted by Gasteiger charge is -1.99. The van der Waals surface area contributed by atoms with Gasteiger partial charge in [0.05, 0.1) is 12.4 Å². The van der Waals surface area contributed by atoms with Crippen LogP contribution in [-0.4, -0.2) is 41.8 Å². The zero-order valence-corrected chi connectivity index (χ0v) is 14.4. The van der Waals surface area contributed by atoms with Crippen molar-refractivity contribution in [3.63, 3.8) is 0 Å². The summed E-state index contributed by atoms with van der Waals surface area (Å²) in [6.45, 7) is 10.4. The predicted octanol–water partition coefficient (Wildman–Crippen LogP) is 2.64. The Morgan fingerprint density at radius 1 is 0.769 bits per heavy atom. The molecule has 8 nitrogen and oxygen atoms in total. The fourth-order valence-electron chi connectivity index (χ4n) is 2.19. The second-order valence-corrected chi connectivity index (χ2v) is 5.85. The van der Waals surface area contributed by atoms with E-state index in [0.717, 1.165) is 20.5 Å². The summed E-state index contributed by atoms with van der Waals surface area (Å²) in [6, 6.07) is 7.31. The Kier molecular flexibility index (Phi) is 4.40. The summed E-state index contributed by atoms with van der Waals surface area (Å²) in [6.07, 6.45) is 3.10. The average molecular weight is 348 g/mol. The smallest absolute Gasteiger partial charge is 0.267 e.